The molecule has 0 aliphatic heterocycles. The summed E-state index contributed by atoms with van der Waals surface area (Å²) < 4.78 is 6.22. The van der Waals surface area contributed by atoms with Gasteiger partial charge in [0.25, 0.3) is 0 Å². The molecular formula is C9H8Br2Cl2O. The fourth-order valence-electron chi connectivity index (χ4n) is 0.852. The monoisotopic (exact) mass is 360 g/mol. The molecule has 0 fully saturated rings. The highest BCUT2D eigenvalue weighted by atomic mass is 79.9. The molecule has 0 aliphatic rings. The molecule has 0 amide bonds. The van der Waals surface area contributed by atoms with E-state index in [0.29, 0.717) is 22.4 Å². The predicted octanol–water partition coefficient (Wildman–Crippen LogP) is 4.92. The van der Waals surface area contributed by atoms with Gasteiger partial charge in [-0.2, -0.15) is 0 Å². The molecule has 1 aromatic rings. The van der Waals surface area contributed by atoms with Crippen molar-refractivity contribution in [2.24, 2.45) is 0 Å². The van der Waals surface area contributed by atoms with Gasteiger partial charge in [-0.3, -0.25) is 0 Å². The lowest BCUT2D eigenvalue weighted by Crippen LogP contribution is -1.98. The summed E-state index contributed by atoms with van der Waals surface area (Å²) >= 11 is 18.5. The molecule has 0 saturated heterocycles. The van der Waals surface area contributed by atoms with Gasteiger partial charge in [-0.05, 0) is 28.4 Å². The van der Waals surface area contributed by atoms with Gasteiger partial charge >= 0.3 is 0 Å². The Balaban J connectivity index is 2.72. The molecule has 0 unspecified atom stereocenters. The summed E-state index contributed by atoms with van der Waals surface area (Å²) in [6, 6.07) is 3.44. The second kappa shape index (κ2) is 6.21. The summed E-state index contributed by atoms with van der Waals surface area (Å²) in [4.78, 5) is 0. The topological polar surface area (TPSA) is 9.23 Å². The molecule has 0 radical (unpaired) electrons. The molecule has 0 bridgehead atoms. The number of benzene rings is 1. The second-order valence-corrected chi connectivity index (χ2v) is 5.05. The van der Waals surface area contributed by atoms with E-state index in [4.69, 9.17) is 27.9 Å². The minimum atomic E-state index is 0.566. The van der Waals surface area contributed by atoms with Gasteiger partial charge in [-0.15, -0.1) is 0 Å². The highest BCUT2D eigenvalue weighted by Crippen LogP contribution is 2.34. The molecule has 0 aromatic heterocycles. The van der Waals surface area contributed by atoms with Crippen LogP contribution in [0.1, 0.15) is 6.42 Å². The molecule has 0 N–H and O–H groups in total. The Morgan fingerprint density at radius 2 is 1.93 bits per heavy atom. The molecule has 0 heterocycles. The van der Waals surface area contributed by atoms with Gasteiger partial charge in [-0.25, -0.2) is 0 Å². The van der Waals surface area contributed by atoms with Crippen LogP contribution in [0.5, 0.6) is 5.75 Å². The summed E-state index contributed by atoms with van der Waals surface area (Å²) in [6.45, 7) is 0.628. The fraction of sp³-hybridized carbons (Fsp3) is 0.333. The number of rotatable bonds is 4. The molecule has 78 valence electrons. The van der Waals surface area contributed by atoms with Crippen molar-refractivity contribution >= 4 is 55.1 Å². The lowest BCUT2D eigenvalue weighted by atomic mass is 10.3. The normalized spacial score (nSPS) is 10.3. The summed E-state index contributed by atoms with van der Waals surface area (Å²) in [7, 11) is 0. The average Bonchev–Trinajstić information content (AvgIpc) is 2.14. The maximum Gasteiger partial charge on any atom is 0.139 e. The third-order valence-corrected chi connectivity index (χ3v) is 3.56. The SMILES string of the molecule is Clc1cc(OCCCBr)c(Cl)cc1Br. The molecule has 5 heteroatoms. The molecule has 1 nitrogen and oxygen atoms in total. The first-order chi connectivity index (χ1) is 6.65. The van der Waals surface area contributed by atoms with Gasteiger partial charge in [-0.1, -0.05) is 39.1 Å². The van der Waals surface area contributed by atoms with Gasteiger partial charge in [0.1, 0.15) is 5.75 Å². The molecule has 0 saturated carbocycles. The maximum atomic E-state index is 5.96. The lowest BCUT2D eigenvalue weighted by Gasteiger charge is -2.08. The van der Waals surface area contributed by atoms with E-state index in [-0.39, 0.29) is 0 Å². The summed E-state index contributed by atoms with van der Waals surface area (Å²) in [5.41, 5.74) is 0. The van der Waals surface area contributed by atoms with E-state index in [2.05, 4.69) is 31.9 Å². The number of ether oxygens (including phenoxy) is 1. The highest BCUT2D eigenvalue weighted by molar-refractivity contribution is 9.10. The van der Waals surface area contributed by atoms with Crippen molar-refractivity contribution in [1.29, 1.82) is 0 Å². The van der Waals surface area contributed by atoms with Gasteiger partial charge in [0, 0.05) is 15.9 Å². The third-order valence-electron chi connectivity index (χ3n) is 1.51. The minimum Gasteiger partial charge on any atom is -0.492 e. The van der Waals surface area contributed by atoms with Crippen molar-refractivity contribution in [3.63, 3.8) is 0 Å². The Hall–Kier alpha value is 0.560. The Labute approximate surface area is 110 Å². The van der Waals surface area contributed by atoms with Crippen LogP contribution in [0.3, 0.4) is 0 Å². The van der Waals surface area contributed by atoms with E-state index in [1.165, 1.54) is 0 Å². The lowest BCUT2D eigenvalue weighted by molar-refractivity contribution is 0.319. The van der Waals surface area contributed by atoms with Crippen LogP contribution in [0.25, 0.3) is 0 Å². The largest absolute Gasteiger partial charge is 0.492 e. The van der Waals surface area contributed by atoms with Crippen LogP contribution in [-0.2, 0) is 0 Å². The Bertz CT molecular complexity index is 318. The van der Waals surface area contributed by atoms with Crippen LogP contribution in [-0.4, -0.2) is 11.9 Å². The minimum absolute atomic E-state index is 0.566. The van der Waals surface area contributed by atoms with Crippen LogP contribution in [0.4, 0.5) is 0 Å². The number of alkyl halides is 1. The maximum absolute atomic E-state index is 5.96. The van der Waals surface area contributed by atoms with Crippen LogP contribution in [0.2, 0.25) is 10.0 Å². The van der Waals surface area contributed by atoms with E-state index in [9.17, 15) is 0 Å². The average molecular weight is 363 g/mol. The zero-order valence-electron chi connectivity index (χ0n) is 7.20. The van der Waals surface area contributed by atoms with Crippen molar-refractivity contribution in [2.45, 2.75) is 6.42 Å². The molecule has 1 aromatic carbocycles. The van der Waals surface area contributed by atoms with E-state index >= 15 is 0 Å². The Morgan fingerprint density at radius 3 is 2.57 bits per heavy atom. The van der Waals surface area contributed by atoms with Gasteiger partial charge in [0.05, 0.1) is 16.7 Å². The molecule has 14 heavy (non-hydrogen) atoms. The predicted molar refractivity (Wildman–Crippen MR) is 68.1 cm³/mol. The number of hydrogen-bond acceptors (Lipinski definition) is 1. The molecule has 0 spiro atoms. The smallest absolute Gasteiger partial charge is 0.139 e. The first kappa shape index (κ1) is 12.6. The quantitative estimate of drug-likeness (QED) is 0.419. The van der Waals surface area contributed by atoms with E-state index in [1.807, 2.05) is 0 Å². The van der Waals surface area contributed by atoms with Crippen molar-refractivity contribution in [3.8, 4) is 5.75 Å². The zero-order chi connectivity index (χ0) is 10.6. The zero-order valence-corrected chi connectivity index (χ0v) is 11.9. The van der Waals surface area contributed by atoms with E-state index < -0.39 is 0 Å². The molecule has 1 rings (SSSR count). The third kappa shape index (κ3) is 3.61. The summed E-state index contributed by atoms with van der Waals surface area (Å²) in [5.74, 6) is 0.626. The molecule has 0 aliphatic carbocycles. The van der Waals surface area contributed by atoms with Gasteiger partial charge in [0.15, 0.2) is 0 Å². The molecule has 0 atom stereocenters. The van der Waals surface area contributed by atoms with Crippen LogP contribution in [0, 0.1) is 0 Å². The second-order valence-electron chi connectivity index (χ2n) is 2.59. The van der Waals surface area contributed by atoms with Crippen molar-refractivity contribution in [2.75, 3.05) is 11.9 Å². The number of hydrogen-bond donors (Lipinski definition) is 0. The molecular weight excluding hydrogens is 355 g/mol. The van der Waals surface area contributed by atoms with Crippen LogP contribution < -0.4 is 4.74 Å². The highest BCUT2D eigenvalue weighted by Gasteiger charge is 2.06. The van der Waals surface area contributed by atoms with Crippen LogP contribution >= 0.6 is 55.1 Å². The standard InChI is InChI=1S/C9H8Br2Cl2O/c10-2-1-3-14-9-5-7(12)6(11)4-8(9)13/h4-5H,1-3H2. The van der Waals surface area contributed by atoms with E-state index in [0.717, 1.165) is 16.2 Å². The fourth-order valence-corrected chi connectivity index (χ4v) is 1.93. The van der Waals surface area contributed by atoms with E-state index in [1.54, 1.807) is 12.1 Å². The first-order valence-corrected chi connectivity index (χ1v) is 6.65. The van der Waals surface area contributed by atoms with Crippen molar-refractivity contribution in [1.82, 2.24) is 0 Å². The first-order valence-electron chi connectivity index (χ1n) is 3.98. The summed E-state index contributed by atoms with van der Waals surface area (Å²) in [5, 5.41) is 2.08. The van der Waals surface area contributed by atoms with Crippen molar-refractivity contribution < 1.29 is 4.74 Å². The van der Waals surface area contributed by atoms with Crippen molar-refractivity contribution in [3.05, 3.63) is 26.7 Å². The van der Waals surface area contributed by atoms with Gasteiger partial charge < -0.3 is 4.74 Å². The van der Waals surface area contributed by atoms with Gasteiger partial charge in [0.2, 0.25) is 0 Å². The summed E-state index contributed by atoms with van der Waals surface area (Å²) in [6.07, 6.45) is 0.935. The Morgan fingerprint density at radius 1 is 1.21 bits per heavy atom. The Kier molecular flexibility index (Phi) is 5.60. The van der Waals surface area contributed by atoms with Crippen LogP contribution in [0.15, 0.2) is 16.6 Å². The number of halogens is 4.